The van der Waals surface area contributed by atoms with Gasteiger partial charge in [-0.1, -0.05) is 30.4 Å². The molecule has 1 nitrogen and oxygen atoms in total. The van der Waals surface area contributed by atoms with Crippen LogP contribution >= 0.6 is 0 Å². The molecular formula is C23H25F3O. The normalized spacial score (nSPS) is 20.0. The highest BCUT2D eigenvalue weighted by Gasteiger charge is 2.28. The van der Waals surface area contributed by atoms with Gasteiger partial charge in [0.15, 0.2) is 0 Å². The monoisotopic (exact) mass is 374 g/mol. The molecule has 0 radical (unpaired) electrons. The van der Waals surface area contributed by atoms with Crippen LogP contribution in [0.15, 0.2) is 49.6 Å². The zero-order valence-corrected chi connectivity index (χ0v) is 15.4. The summed E-state index contributed by atoms with van der Waals surface area (Å²) in [6, 6.07) is 7.05. The molecule has 4 heteroatoms. The number of allylic oxidation sites excluding steroid dienone is 2. The van der Waals surface area contributed by atoms with Gasteiger partial charge in [0.25, 0.3) is 0 Å². The van der Waals surface area contributed by atoms with Crippen LogP contribution in [0.4, 0.5) is 13.2 Å². The molecule has 1 aliphatic rings. The highest BCUT2D eigenvalue weighted by atomic mass is 19.3. The van der Waals surface area contributed by atoms with Gasteiger partial charge in [0, 0.05) is 10.9 Å². The van der Waals surface area contributed by atoms with Gasteiger partial charge in [-0.2, -0.15) is 8.78 Å². The Balaban J connectivity index is 2.03. The Morgan fingerprint density at radius 2 is 1.85 bits per heavy atom. The third-order valence-corrected chi connectivity index (χ3v) is 5.51. The zero-order chi connectivity index (χ0) is 19.4. The van der Waals surface area contributed by atoms with E-state index in [0.717, 1.165) is 44.1 Å². The molecule has 0 amide bonds. The molecule has 1 fully saturated rings. The molecule has 0 heterocycles. The van der Waals surface area contributed by atoms with Crippen molar-refractivity contribution in [3.05, 3.63) is 66.5 Å². The summed E-state index contributed by atoms with van der Waals surface area (Å²) in [7, 11) is 0. The minimum atomic E-state index is -2.98. The minimum Gasteiger partial charge on any atom is -0.434 e. The number of alkyl halides is 2. The predicted octanol–water partition coefficient (Wildman–Crippen LogP) is 7.16. The first-order valence-electron chi connectivity index (χ1n) is 9.46. The molecule has 2 aromatic carbocycles. The fourth-order valence-electron chi connectivity index (χ4n) is 4.05. The summed E-state index contributed by atoms with van der Waals surface area (Å²) in [4.78, 5) is 0. The predicted molar refractivity (Wildman–Crippen MR) is 104 cm³/mol. The van der Waals surface area contributed by atoms with Crippen LogP contribution in [-0.2, 0) is 6.42 Å². The van der Waals surface area contributed by atoms with Crippen LogP contribution in [0.25, 0.3) is 10.8 Å². The summed E-state index contributed by atoms with van der Waals surface area (Å²) in [5, 5.41) is 1.05. The molecule has 3 rings (SSSR count). The van der Waals surface area contributed by atoms with Gasteiger partial charge < -0.3 is 4.74 Å². The quantitative estimate of drug-likeness (QED) is 0.467. The van der Waals surface area contributed by atoms with E-state index in [0.29, 0.717) is 22.3 Å². The summed E-state index contributed by atoms with van der Waals surface area (Å²) in [6.45, 7) is 4.55. The van der Waals surface area contributed by atoms with Gasteiger partial charge >= 0.3 is 6.61 Å². The van der Waals surface area contributed by atoms with Gasteiger partial charge in [0.05, 0.1) is 0 Å². The van der Waals surface area contributed by atoms with E-state index in [-0.39, 0.29) is 11.7 Å². The molecule has 0 aromatic heterocycles. The first kappa shape index (κ1) is 19.5. The van der Waals surface area contributed by atoms with Crippen molar-refractivity contribution >= 4 is 10.8 Å². The molecule has 1 aliphatic carbocycles. The maximum absolute atomic E-state index is 15.4. The van der Waals surface area contributed by atoms with E-state index in [1.165, 1.54) is 0 Å². The topological polar surface area (TPSA) is 9.23 Å². The van der Waals surface area contributed by atoms with Crippen molar-refractivity contribution in [2.45, 2.75) is 51.1 Å². The van der Waals surface area contributed by atoms with E-state index in [1.54, 1.807) is 12.1 Å². The first-order valence-corrected chi connectivity index (χ1v) is 9.46. The molecule has 0 spiro atoms. The molecule has 2 aromatic rings. The maximum atomic E-state index is 15.4. The summed E-state index contributed by atoms with van der Waals surface area (Å²) < 4.78 is 46.1. The number of ether oxygens (including phenoxy) is 1. The number of rotatable bonds is 7. The van der Waals surface area contributed by atoms with E-state index in [9.17, 15) is 8.78 Å². The Hall–Kier alpha value is -2.23. The van der Waals surface area contributed by atoms with Gasteiger partial charge in [-0.15, -0.1) is 13.2 Å². The standard InChI is InChI=1S/C23H25F3O/c1-3-5-6-16-9-12-19-18(13-16)14-20(27-23(25)26)21(22(19)24)17-10-7-15(4-2)8-11-17/h3-4,9,12-15,17,23H,1-2,5-8,10-11H2. The van der Waals surface area contributed by atoms with Crippen molar-refractivity contribution in [2.75, 3.05) is 0 Å². The highest BCUT2D eigenvalue weighted by Crippen LogP contribution is 2.43. The first-order chi connectivity index (χ1) is 13.0. The van der Waals surface area contributed by atoms with Gasteiger partial charge in [0.1, 0.15) is 11.6 Å². The summed E-state index contributed by atoms with van der Waals surface area (Å²) in [5.74, 6) is -0.158. The maximum Gasteiger partial charge on any atom is 0.387 e. The largest absolute Gasteiger partial charge is 0.434 e. The van der Waals surface area contributed by atoms with E-state index in [1.807, 2.05) is 24.3 Å². The van der Waals surface area contributed by atoms with E-state index < -0.39 is 12.4 Å². The third kappa shape index (κ3) is 4.37. The second-order valence-electron chi connectivity index (χ2n) is 7.21. The van der Waals surface area contributed by atoms with Crippen molar-refractivity contribution in [2.24, 2.45) is 5.92 Å². The Kier molecular flexibility index (Phi) is 6.25. The van der Waals surface area contributed by atoms with Gasteiger partial charge in [-0.25, -0.2) is 4.39 Å². The van der Waals surface area contributed by atoms with Crippen LogP contribution in [0, 0.1) is 11.7 Å². The average molecular weight is 374 g/mol. The molecule has 0 aliphatic heterocycles. The molecule has 144 valence electrons. The smallest absolute Gasteiger partial charge is 0.387 e. The van der Waals surface area contributed by atoms with Crippen LogP contribution < -0.4 is 4.74 Å². The SMILES string of the molecule is C=CCCc1ccc2c(F)c(C3CCC(C=C)CC3)c(OC(F)F)cc2c1. The number of fused-ring (bicyclic) bond motifs is 1. The van der Waals surface area contributed by atoms with Gasteiger partial charge in [-0.05, 0) is 67.4 Å². The van der Waals surface area contributed by atoms with Crippen molar-refractivity contribution < 1.29 is 17.9 Å². The van der Waals surface area contributed by atoms with Crippen molar-refractivity contribution in [1.82, 2.24) is 0 Å². The van der Waals surface area contributed by atoms with Gasteiger partial charge in [0.2, 0.25) is 0 Å². The summed E-state index contributed by atoms with van der Waals surface area (Å²) in [5.41, 5.74) is 1.31. The fourth-order valence-corrected chi connectivity index (χ4v) is 4.05. The number of hydrogen-bond acceptors (Lipinski definition) is 1. The molecule has 0 bridgehead atoms. The molecular weight excluding hydrogens is 349 g/mol. The molecule has 1 saturated carbocycles. The zero-order valence-electron chi connectivity index (χ0n) is 15.4. The lowest BCUT2D eigenvalue weighted by Gasteiger charge is -2.29. The average Bonchev–Trinajstić information content (AvgIpc) is 2.66. The van der Waals surface area contributed by atoms with Crippen molar-refractivity contribution in [3.63, 3.8) is 0 Å². The van der Waals surface area contributed by atoms with Crippen LogP contribution in [-0.4, -0.2) is 6.61 Å². The molecule has 0 saturated heterocycles. The van der Waals surface area contributed by atoms with Crippen LogP contribution in [0.5, 0.6) is 5.75 Å². The van der Waals surface area contributed by atoms with E-state index in [2.05, 4.69) is 13.2 Å². The third-order valence-electron chi connectivity index (χ3n) is 5.51. The minimum absolute atomic E-state index is 0.0297. The Morgan fingerprint density at radius 1 is 1.11 bits per heavy atom. The molecule has 0 atom stereocenters. The van der Waals surface area contributed by atoms with Crippen LogP contribution in [0.3, 0.4) is 0 Å². The number of hydrogen-bond donors (Lipinski definition) is 0. The number of halogens is 3. The van der Waals surface area contributed by atoms with Crippen molar-refractivity contribution in [1.29, 1.82) is 0 Å². The fraction of sp³-hybridized carbons (Fsp3) is 0.391. The lowest BCUT2D eigenvalue weighted by molar-refractivity contribution is -0.0508. The lowest BCUT2D eigenvalue weighted by atomic mass is 9.78. The summed E-state index contributed by atoms with van der Waals surface area (Å²) >= 11 is 0. The van der Waals surface area contributed by atoms with E-state index >= 15 is 4.39 Å². The van der Waals surface area contributed by atoms with E-state index in [4.69, 9.17) is 4.74 Å². The molecule has 0 unspecified atom stereocenters. The Labute approximate surface area is 158 Å². The van der Waals surface area contributed by atoms with Crippen LogP contribution in [0.1, 0.15) is 49.1 Å². The van der Waals surface area contributed by atoms with Crippen LogP contribution in [0.2, 0.25) is 0 Å². The second kappa shape index (κ2) is 8.64. The number of aryl methyl sites for hydroxylation is 1. The van der Waals surface area contributed by atoms with Crippen molar-refractivity contribution in [3.8, 4) is 5.75 Å². The summed E-state index contributed by atoms with van der Waals surface area (Å²) in [6.07, 6.45) is 8.60. The Morgan fingerprint density at radius 3 is 2.48 bits per heavy atom. The van der Waals surface area contributed by atoms with Gasteiger partial charge in [-0.3, -0.25) is 0 Å². The Bertz CT molecular complexity index is 820. The second-order valence-corrected chi connectivity index (χ2v) is 7.21. The molecule has 0 N–H and O–H groups in total. The lowest BCUT2D eigenvalue weighted by Crippen LogP contribution is -2.15. The molecule has 27 heavy (non-hydrogen) atoms. The highest BCUT2D eigenvalue weighted by molar-refractivity contribution is 5.86. The number of benzene rings is 2.